The second-order valence-electron chi connectivity index (χ2n) is 11.0. The van der Waals surface area contributed by atoms with Gasteiger partial charge in [-0.1, -0.05) is 37.8 Å². The van der Waals surface area contributed by atoms with Crippen LogP contribution in [0.3, 0.4) is 0 Å². The smallest absolute Gasteiger partial charge is 0.319 e. The highest BCUT2D eigenvalue weighted by atomic mass is 32.2. The molecule has 2 aliphatic heterocycles. The molecule has 0 radical (unpaired) electrons. The first-order valence-electron chi connectivity index (χ1n) is 14.6. The predicted octanol–water partition coefficient (Wildman–Crippen LogP) is 7.19. The zero-order valence-electron chi connectivity index (χ0n) is 22.7. The third kappa shape index (κ3) is 7.99. The summed E-state index contributed by atoms with van der Waals surface area (Å²) in [6, 6.07) is 12.2. The van der Waals surface area contributed by atoms with Crippen LogP contribution in [0.5, 0.6) is 0 Å². The first-order chi connectivity index (χ1) is 19.1. The molecule has 2 aromatic rings. The van der Waals surface area contributed by atoms with Gasteiger partial charge in [0.25, 0.3) is 0 Å². The number of benzene rings is 1. The Morgan fingerprint density at radius 1 is 1.00 bits per heavy atom. The van der Waals surface area contributed by atoms with E-state index in [-0.39, 0.29) is 23.0 Å². The van der Waals surface area contributed by atoms with Crippen molar-refractivity contribution in [1.29, 1.82) is 0 Å². The van der Waals surface area contributed by atoms with Gasteiger partial charge in [0.05, 0.1) is 4.75 Å². The quantitative estimate of drug-likeness (QED) is 0.277. The van der Waals surface area contributed by atoms with Crippen molar-refractivity contribution in [3.8, 4) is 10.4 Å². The van der Waals surface area contributed by atoms with Crippen LogP contribution in [0.15, 0.2) is 36.4 Å². The molecular weight excluding hydrogens is 530 g/mol. The van der Waals surface area contributed by atoms with Crippen LogP contribution >= 0.6 is 23.1 Å². The van der Waals surface area contributed by atoms with Crippen molar-refractivity contribution >= 4 is 40.7 Å². The van der Waals surface area contributed by atoms with E-state index in [4.69, 9.17) is 9.57 Å². The van der Waals surface area contributed by atoms with E-state index in [1.807, 2.05) is 30.0 Å². The maximum Gasteiger partial charge on any atom is 0.319 e. The van der Waals surface area contributed by atoms with E-state index in [9.17, 15) is 9.59 Å². The fourth-order valence-corrected chi connectivity index (χ4v) is 8.68. The second kappa shape index (κ2) is 14.0. The molecule has 1 aromatic carbocycles. The third-order valence-corrected chi connectivity index (χ3v) is 11.1. The number of rotatable bonds is 9. The number of ether oxygens (including phenoxy) is 1. The van der Waals surface area contributed by atoms with Crippen molar-refractivity contribution < 1.29 is 19.2 Å². The normalized spacial score (nSPS) is 24.2. The third-order valence-electron chi connectivity index (χ3n) is 7.98. The van der Waals surface area contributed by atoms with Crippen LogP contribution in [0, 0.1) is 5.92 Å². The number of thiophene rings is 1. The number of hydrogen-bond donors (Lipinski definition) is 3. The van der Waals surface area contributed by atoms with Crippen molar-refractivity contribution in [3.63, 3.8) is 0 Å². The first-order valence-corrected chi connectivity index (χ1v) is 16.4. The Morgan fingerprint density at radius 2 is 1.87 bits per heavy atom. The van der Waals surface area contributed by atoms with Crippen LogP contribution in [0.1, 0.15) is 81.9 Å². The molecular formula is C30H41N3O4S2. The minimum absolute atomic E-state index is 0.0982. The molecule has 2 atom stereocenters. The molecule has 212 valence electrons. The van der Waals surface area contributed by atoms with Crippen molar-refractivity contribution in [1.82, 2.24) is 10.8 Å². The van der Waals surface area contributed by atoms with E-state index >= 15 is 0 Å². The summed E-state index contributed by atoms with van der Waals surface area (Å²) in [5.74, 6) is 1.54. The van der Waals surface area contributed by atoms with Gasteiger partial charge in [-0.25, -0.2) is 15.1 Å². The van der Waals surface area contributed by atoms with Gasteiger partial charge in [-0.2, -0.15) is 0 Å². The van der Waals surface area contributed by atoms with E-state index in [2.05, 4.69) is 34.3 Å². The number of carbonyl (C=O) groups excluding carboxylic acids is 2. The fraction of sp³-hybridized carbons (Fsp3) is 0.600. The van der Waals surface area contributed by atoms with Crippen molar-refractivity contribution in [3.05, 3.63) is 41.3 Å². The average molecular weight is 572 g/mol. The summed E-state index contributed by atoms with van der Waals surface area (Å²) in [6.45, 7) is 1.42. The summed E-state index contributed by atoms with van der Waals surface area (Å²) in [7, 11) is 0. The van der Waals surface area contributed by atoms with E-state index in [1.165, 1.54) is 43.4 Å². The maximum atomic E-state index is 13.0. The topological polar surface area (TPSA) is 88.7 Å². The molecule has 3 aliphatic rings. The Bertz CT molecular complexity index is 1090. The highest BCUT2D eigenvalue weighted by molar-refractivity contribution is 8.00. The zero-order chi connectivity index (χ0) is 26.9. The molecule has 1 unspecified atom stereocenters. The standard InChI is InChI=1S/C30H41N3O4S2/c34-27(33-37-28-13-4-6-17-36-28)20-30(16-5-7-18-38-30)26-15-14-25(39-26)23-11-8-12-24(19-23)32-29(35)31-21-22-9-2-1-3-10-22/h8,11-12,14-15,19,22,28H,1-7,9-10,13,16-18,20-21H2,(H,33,34)(H2,31,32,35)/t28?,30-/m0/s1. The molecule has 3 heterocycles. The molecule has 1 aromatic heterocycles. The number of amides is 3. The lowest BCUT2D eigenvalue weighted by atomic mass is 9.89. The van der Waals surface area contributed by atoms with Crippen LogP contribution in [-0.2, 0) is 19.1 Å². The molecule has 2 saturated heterocycles. The van der Waals surface area contributed by atoms with E-state index in [0.717, 1.165) is 60.5 Å². The van der Waals surface area contributed by atoms with Crippen LogP contribution in [0.25, 0.3) is 10.4 Å². The second-order valence-corrected chi connectivity index (χ2v) is 13.6. The highest BCUT2D eigenvalue weighted by Gasteiger charge is 2.38. The molecule has 5 rings (SSSR count). The van der Waals surface area contributed by atoms with E-state index in [0.29, 0.717) is 18.9 Å². The molecule has 1 saturated carbocycles. The van der Waals surface area contributed by atoms with Crippen LogP contribution in [0.4, 0.5) is 10.5 Å². The number of hydroxylamine groups is 1. The molecule has 1 aliphatic carbocycles. The van der Waals surface area contributed by atoms with Crippen LogP contribution in [0.2, 0.25) is 0 Å². The van der Waals surface area contributed by atoms with E-state index in [1.54, 1.807) is 11.3 Å². The van der Waals surface area contributed by atoms with Crippen LogP contribution < -0.4 is 16.1 Å². The van der Waals surface area contributed by atoms with Gasteiger partial charge in [0.2, 0.25) is 5.91 Å². The Labute approximate surface area is 240 Å². The Balaban J connectivity index is 1.21. The Kier molecular flexibility index (Phi) is 10.2. The highest BCUT2D eigenvalue weighted by Crippen LogP contribution is 2.51. The molecule has 0 bridgehead atoms. The monoisotopic (exact) mass is 571 g/mol. The summed E-state index contributed by atoms with van der Waals surface area (Å²) >= 11 is 3.63. The predicted molar refractivity (Wildman–Crippen MR) is 159 cm³/mol. The van der Waals surface area contributed by atoms with Gasteiger partial charge in [0.15, 0.2) is 6.29 Å². The number of anilines is 1. The first kappa shape index (κ1) is 28.5. The van der Waals surface area contributed by atoms with Gasteiger partial charge >= 0.3 is 6.03 Å². The number of urea groups is 1. The summed E-state index contributed by atoms with van der Waals surface area (Å²) in [5, 5.41) is 6.07. The minimum atomic E-state index is -0.346. The SMILES string of the molecule is O=C(C[C@]1(c2ccc(-c3cccc(NC(=O)NCC4CCCCC4)c3)s2)CCCCS1)NOC1CCCCO1. The summed E-state index contributed by atoms with van der Waals surface area (Å²) in [6.07, 6.45) is 12.5. The van der Waals surface area contributed by atoms with E-state index < -0.39 is 0 Å². The molecule has 3 amide bonds. The molecule has 3 fully saturated rings. The average Bonchev–Trinajstić information content (AvgIpc) is 3.48. The molecule has 7 nitrogen and oxygen atoms in total. The Morgan fingerprint density at radius 3 is 2.67 bits per heavy atom. The maximum absolute atomic E-state index is 13.0. The lowest BCUT2D eigenvalue weighted by molar-refractivity contribution is -0.200. The largest absolute Gasteiger partial charge is 0.350 e. The summed E-state index contributed by atoms with van der Waals surface area (Å²) in [4.78, 5) is 33.4. The molecule has 0 spiro atoms. The van der Waals surface area contributed by atoms with Gasteiger partial charge < -0.3 is 15.4 Å². The molecule has 3 N–H and O–H groups in total. The molecule has 9 heteroatoms. The lowest BCUT2D eigenvalue weighted by Gasteiger charge is -2.35. The Hall–Kier alpha value is -2.07. The molecule has 39 heavy (non-hydrogen) atoms. The van der Waals surface area contributed by atoms with Gasteiger partial charge in [-0.15, -0.1) is 23.1 Å². The zero-order valence-corrected chi connectivity index (χ0v) is 24.3. The van der Waals surface area contributed by atoms with Crippen molar-refractivity contribution in [2.75, 3.05) is 24.2 Å². The number of hydrogen-bond acceptors (Lipinski definition) is 6. The number of carbonyl (C=O) groups is 2. The van der Waals surface area contributed by atoms with Crippen LogP contribution in [-0.4, -0.2) is 37.1 Å². The van der Waals surface area contributed by atoms with Gasteiger partial charge in [-0.05, 0) is 80.0 Å². The van der Waals surface area contributed by atoms with Gasteiger partial charge in [-0.3, -0.25) is 4.79 Å². The minimum Gasteiger partial charge on any atom is -0.350 e. The van der Waals surface area contributed by atoms with Gasteiger partial charge in [0, 0.05) is 41.4 Å². The fourth-order valence-electron chi connectivity index (χ4n) is 5.80. The van der Waals surface area contributed by atoms with Gasteiger partial charge in [0.1, 0.15) is 0 Å². The van der Waals surface area contributed by atoms with Crippen molar-refractivity contribution in [2.45, 2.75) is 88.1 Å². The summed E-state index contributed by atoms with van der Waals surface area (Å²) < 4.78 is 5.33. The lowest BCUT2D eigenvalue weighted by Crippen LogP contribution is -2.37. The summed E-state index contributed by atoms with van der Waals surface area (Å²) in [5.41, 5.74) is 4.52. The number of thioether (sulfide) groups is 1. The van der Waals surface area contributed by atoms with Crippen molar-refractivity contribution in [2.24, 2.45) is 5.92 Å². The number of nitrogens with one attached hydrogen (secondary N) is 3.